The topological polar surface area (TPSA) is 30.5 Å². The van der Waals surface area contributed by atoms with Gasteiger partial charge in [0, 0.05) is 18.7 Å². The number of methoxy groups -OCH3 is 1. The molecule has 2 fully saturated rings. The molecular weight excluding hydrogens is 262 g/mol. The van der Waals surface area contributed by atoms with Gasteiger partial charge in [-0.2, -0.15) is 0 Å². The third kappa shape index (κ3) is 3.98. The second-order valence-corrected chi connectivity index (χ2v) is 6.52. The van der Waals surface area contributed by atoms with Gasteiger partial charge in [-0.05, 0) is 62.6 Å². The fourth-order valence-corrected chi connectivity index (χ4v) is 3.30. The zero-order valence-electron chi connectivity index (χ0n) is 13.2. The molecule has 3 atom stereocenters. The first kappa shape index (κ1) is 14.9. The zero-order chi connectivity index (χ0) is 14.7. The van der Waals surface area contributed by atoms with Crippen LogP contribution < -0.4 is 10.1 Å². The lowest BCUT2D eigenvalue weighted by Crippen LogP contribution is -2.42. The van der Waals surface area contributed by atoms with Crippen LogP contribution in [0.1, 0.15) is 38.2 Å². The highest BCUT2D eigenvalue weighted by Crippen LogP contribution is 2.38. The Kier molecular flexibility index (Phi) is 4.81. The Morgan fingerprint density at radius 2 is 2.00 bits per heavy atom. The van der Waals surface area contributed by atoms with Crippen molar-refractivity contribution in [3.8, 4) is 5.75 Å². The minimum atomic E-state index is 0.480. The molecule has 116 valence electrons. The summed E-state index contributed by atoms with van der Waals surface area (Å²) in [4.78, 5) is 0. The molecule has 1 aliphatic heterocycles. The van der Waals surface area contributed by atoms with E-state index in [1.54, 1.807) is 7.11 Å². The number of rotatable bonds is 7. The maximum atomic E-state index is 5.90. The largest absolute Gasteiger partial charge is 0.497 e. The van der Waals surface area contributed by atoms with Gasteiger partial charge in [-0.25, -0.2) is 0 Å². The van der Waals surface area contributed by atoms with Crippen molar-refractivity contribution in [2.24, 2.45) is 5.92 Å². The lowest BCUT2D eigenvalue weighted by atomic mass is 10.0. The van der Waals surface area contributed by atoms with E-state index in [1.165, 1.54) is 31.2 Å². The minimum Gasteiger partial charge on any atom is -0.497 e. The quantitative estimate of drug-likeness (QED) is 0.836. The molecular formula is C18H27NO2. The second kappa shape index (κ2) is 6.80. The smallest absolute Gasteiger partial charge is 0.118 e. The fraction of sp³-hybridized carbons (Fsp3) is 0.667. The van der Waals surface area contributed by atoms with E-state index in [2.05, 4.69) is 24.4 Å². The molecule has 1 heterocycles. The molecule has 21 heavy (non-hydrogen) atoms. The predicted octanol–water partition coefficient (Wildman–Crippen LogP) is 3.17. The average molecular weight is 289 g/mol. The summed E-state index contributed by atoms with van der Waals surface area (Å²) in [6, 6.07) is 9.53. The van der Waals surface area contributed by atoms with Gasteiger partial charge in [-0.1, -0.05) is 12.1 Å². The van der Waals surface area contributed by atoms with Gasteiger partial charge in [-0.15, -0.1) is 0 Å². The first-order valence-electron chi connectivity index (χ1n) is 8.27. The van der Waals surface area contributed by atoms with Gasteiger partial charge in [0.2, 0.25) is 0 Å². The van der Waals surface area contributed by atoms with E-state index >= 15 is 0 Å². The Labute approximate surface area is 128 Å². The molecule has 3 unspecified atom stereocenters. The fourth-order valence-electron chi connectivity index (χ4n) is 3.30. The number of aryl methyl sites for hydroxylation is 1. The Hall–Kier alpha value is -1.06. The van der Waals surface area contributed by atoms with Crippen LogP contribution in [0.5, 0.6) is 5.75 Å². The molecule has 0 amide bonds. The molecule has 3 rings (SSSR count). The molecule has 2 aliphatic rings. The number of hydrogen-bond donors (Lipinski definition) is 1. The van der Waals surface area contributed by atoms with E-state index in [0.717, 1.165) is 24.7 Å². The summed E-state index contributed by atoms with van der Waals surface area (Å²) >= 11 is 0. The van der Waals surface area contributed by atoms with Crippen LogP contribution in [0.4, 0.5) is 0 Å². The van der Waals surface area contributed by atoms with Crippen LogP contribution in [0.15, 0.2) is 24.3 Å². The molecule has 1 aromatic rings. The molecule has 1 saturated carbocycles. The third-order valence-corrected chi connectivity index (χ3v) is 4.75. The summed E-state index contributed by atoms with van der Waals surface area (Å²) in [7, 11) is 1.71. The number of nitrogens with one attached hydrogen (secondary N) is 1. The van der Waals surface area contributed by atoms with Crippen molar-refractivity contribution in [3.63, 3.8) is 0 Å². The van der Waals surface area contributed by atoms with Gasteiger partial charge in [0.25, 0.3) is 0 Å². The molecule has 1 saturated heterocycles. The maximum Gasteiger partial charge on any atom is 0.118 e. The Bertz CT molecular complexity index is 441. The summed E-state index contributed by atoms with van der Waals surface area (Å²) in [5, 5.41) is 3.79. The maximum absolute atomic E-state index is 5.90. The van der Waals surface area contributed by atoms with Crippen molar-refractivity contribution < 1.29 is 9.47 Å². The van der Waals surface area contributed by atoms with Crippen LogP contribution in [0.3, 0.4) is 0 Å². The monoisotopic (exact) mass is 289 g/mol. The van der Waals surface area contributed by atoms with Gasteiger partial charge in [-0.3, -0.25) is 0 Å². The summed E-state index contributed by atoms with van der Waals surface area (Å²) in [5.41, 5.74) is 1.38. The van der Waals surface area contributed by atoms with Gasteiger partial charge in [0.1, 0.15) is 5.75 Å². The van der Waals surface area contributed by atoms with Crippen molar-refractivity contribution >= 4 is 0 Å². The van der Waals surface area contributed by atoms with Crippen LogP contribution in [-0.4, -0.2) is 31.9 Å². The molecule has 3 nitrogen and oxygen atoms in total. The number of benzene rings is 1. The van der Waals surface area contributed by atoms with E-state index in [4.69, 9.17) is 9.47 Å². The van der Waals surface area contributed by atoms with E-state index in [-0.39, 0.29) is 0 Å². The van der Waals surface area contributed by atoms with Gasteiger partial charge < -0.3 is 14.8 Å². The molecule has 1 aliphatic carbocycles. The highest BCUT2D eigenvalue weighted by molar-refractivity contribution is 5.27. The van der Waals surface area contributed by atoms with Crippen LogP contribution in [-0.2, 0) is 11.2 Å². The van der Waals surface area contributed by atoms with Gasteiger partial charge >= 0.3 is 0 Å². The number of ether oxygens (including phenoxy) is 2. The molecule has 3 heteroatoms. The van der Waals surface area contributed by atoms with Crippen molar-refractivity contribution in [2.75, 3.05) is 13.7 Å². The SMILES string of the molecule is COc1ccc(CCC(C)NC2CCOC2C2CC2)cc1. The van der Waals surface area contributed by atoms with Crippen molar-refractivity contribution in [1.29, 1.82) is 0 Å². The average Bonchev–Trinajstić information content (AvgIpc) is 3.26. The Balaban J connectivity index is 1.44. The molecule has 0 bridgehead atoms. The predicted molar refractivity (Wildman–Crippen MR) is 84.8 cm³/mol. The second-order valence-electron chi connectivity index (χ2n) is 6.52. The number of hydrogen-bond acceptors (Lipinski definition) is 3. The van der Waals surface area contributed by atoms with Gasteiger partial charge in [0.05, 0.1) is 13.2 Å². The van der Waals surface area contributed by atoms with E-state index in [9.17, 15) is 0 Å². The van der Waals surface area contributed by atoms with Crippen LogP contribution in [0, 0.1) is 5.92 Å². The molecule has 0 radical (unpaired) electrons. The van der Waals surface area contributed by atoms with E-state index in [1.807, 2.05) is 12.1 Å². The lowest BCUT2D eigenvalue weighted by molar-refractivity contribution is 0.0791. The highest BCUT2D eigenvalue weighted by atomic mass is 16.5. The van der Waals surface area contributed by atoms with Crippen LogP contribution in [0.25, 0.3) is 0 Å². The van der Waals surface area contributed by atoms with Crippen molar-refractivity contribution in [1.82, 2.24) is 5.32 Å². The van der Waals surface area contributed by atoms with Gasteiger partial charge in [0.15, 0.2) is 0 Å². The lowest BCUT2D eigenvalue weighted by Gasteiger charge is -2.24. The summed E-state index contributed by atoms with van der Waals surface area (Å²) in [6.07, 6.45) is 6.66. The Morgan fingerprint density at radius 3 is 2.67 bits per heavy atom. The minimum absolute atomic E-state index is 0.480. The summed E-state index contributed by atoms with van der Waals surface area (Å²) in [5.74, 6) is 1.76. The summed E-state index contributed by atoms with van der Waals surface area (Å²) in [6.45, 7) is 3.23. The summed E-state index contributed by atoms with van der Waals surface area (Å²) < 4.78 is 11.1. The molecule has 0 spiro atoms. The Morgan fingerprint density at radius 1 is 1.24 bits per heavy atom. The van der Waals surface area contributed by atoms with E-state index in [0.29, 0.717) is 18.2 Å². The van der Waals surface area contributed by atoms with E-state index < -0.39 is 0 Å². The van der Waals surface area contributed by atoms with Crippen molar-refractivity contribution in [3.05, 3.63) is 29.8 Å². The third-order valence-electron chi connectivity index (χ3n) is 4.75. The van der Waals surface area contributed by atoms with Crippen LogP contribution >= 0.6 is 0 Å². The first-order chi connectivity index (χ1) is 10.3. The molecule has 0 aromatic heterocycles. The van der Waals surface area contributed by atoms with Crippen LogP contribution in [0.2, 0.25) is 0 Å². The molecule has 1 N–H and O–H groups in total. The molecule has 1 aromatic carbocycles. The standard InChI is InChI=1S/C18H27NO2/c1-13(3-4-14-5-9-16(20-2)10-6-14)19-17-11-12-21-18(17)15-7-8-15/h5-6,9-10,13,15,17-19H,3-4,7-8,11-12H2,1-2H3. The highest BCUT2D eigenvalue weighted by Gasteiger charge is 2.40. The zero-order valence-corrected chi connectivity index (χ0v) is 13.2. The first-order valence-corrected chi connectivity index (χ1v) is 8.27. The normalized spacial score (nSPS) is 26.8. The van der Waals surface area contributed by atoms with Crippen molar-refractivity contribution in [2.45, 2.75) is 57.2 Å².